The number of aromatic nitrogens is 1. The second kappa shape index (κ2) is 3.26. The summed E-state index contributed by atoms with van der Waals surface area (Å²) in [6.07, 6.45) is -3.51. The molecule has 1 aromatic heterocycles. The predicted octanol–water partition coefficient (Wildman–Crippen LogP) is 2.78. The summed E-state index contributed by atoms with van der Waals surface area (Å²) in [6, 6.07) is 0. The van der Waals surface area contributed by atoms with Crippen molar-refractivity contribution in [2.24, 2.45) is 0 Å². The van der Waals surface area contributed by atoms with Crippen LogP contribution in [0.15, 0.2) is 0 Å². The fourth-order valence-electron chi connectivity index (χ4n) is 2.27. The number of hydrogen-bond acceptors (Lipinski definition) is 1. The van der Waals surface area contributed by atoms with Gasteiger partial charge in [0.1, 0.15) is 5.69 Å². The summed E-state index contributed by atoms with van der Waals surface area (Å²) in [4.78, 5) is 13.1. The van der Waals surface area contributed by atoms with Gasteiger partial charge < -0.3 is 10.1 Å². The molecule has 6 heteroatoms. The molecule has 1 aliphatic carbocycles. The monoisotopic (exact) mass is 233 g/mol. The van der Waals surface area contributed by atoms with Crippen molar-refractivity contribution in [3.8, 4) is 0 Å². The van der Waals surface area contributed by atoms with Crippen LogP contribution in [-0.4, -0.2) is 16.1 Å². The van der Waals surface area contributed by atoms with Crippen molar-refractivity contribution in [1.29, 1.82) is 0 Å². The van der Waals surface area contributed by atoms with E-state index in [0.29, 0.717) is 18.5 Å². The highest BCUT2D eigenvalue weighted by atomic mass is 19.4. The Morgan fingerprint density at radius 3 is 2.62 bits per heavy atom. The van der Waals surface area contributed by atoms with Crippen LogP contribution in [0.3, 0.4) is 0 Å². The summed E-state index contributed by atoms with van der Waals surface area (Å²) in [5.74, 6) is -1.80. The molecule has 0 radical (unpaired) electrons. The highest BCUT2D eigenvalue weighted by molar-refractivity contribution is 5.88. The molecule has 0 bridgehead atoms. The number of hydrogen-bond donors (Lipinski definition) is 2. The number of nitrogens with one attached hydrogen (secondary N) is 1. The number of aryl methyl sites for hydroxylation is 1. The highest BCUT2D eigenvalue weighted by Gasteiger charge is 2.43. The Morgan fingerprint density at radius 2 is 2.12 bits per heavy atom. The van der Waals surface area contributed by atoms with E-state index in [-0.39, 0.29) is 11.5 Å². The van der Waals surface area contributed by atoms with Crippen molar-refractivity contribution in [3.63, 3.8) is 0 Å². The number of fused-ring (bicyclic) bond motifs is 1. The molecule has 2 rings (SSSR count). The first-order chi connectivity index (χ1) is 7.32. The molecular formula is C10H10F3NO2. The summed E-state index contributed by atoms with van der Waals surface area (Å²) in [7, 11) is 0. The van der Waals surface area contributed by atoms with Crippen LogP contribution >= 0.6 is 0 Å². The SMILES string of the molecule is CC1CCc2[nH]c(C(=O)O)c(C(F)(F)F)c21. The predicted molar refractivity (Wildman–Crippen MR) is 49.5 cm³/mol. The quantitative estimate of drug-likeness (QED) is 0.783. The van der Waals surface area contributed by atoms with Crippen molar-refractivity contribution in [1.82, 2.24) is 4.98 Å². The second-order valence-electron chi connectivity index (χ2n) is 4.01. The molecule has 3 nitrogen and oxygen atoms in total. The van der Waals surface area contributed by atoms with E-state index >= 15 is 0 Å². The van der Waals surface area contributed by atoms with E-state index in [1.54, 1.807) is 6.92 Å². The maximum Gasteiger partial charge on any atom is 0.419 e. The number of H-pyrrole nitrogens is 1. The molecule has 88 valence electrons. The van der Waals surface area contributed by atoms with Crippen molar-refractivity contribution < 1.29 is 23.1 Å². The van der Waals surface area contributed by atoms with Gasteiger partial charge in [-0.2, -0.15) is 13.2 Å². The van der Waals surface area contributed by atoms with Crippen LogP contribution in [0, 0.1) is 0 Å². The molecule has 0 aromatic carbocycles. The number of carbonyl (C=O) groups is 1. The minimum Gasteiger partial charge on any atom is -0.477 e. The van der Waals surface area contributed by atoms with Crippen LogP contribution in [0.2, 0.25) is 0 Å². The average molecular weight is 233 g/mol. The third-order valence-electron chi connectivity index (χ3n) is 2.94. The Balaban J connectivity index is 2.67. The molecule has 0 fully saturated rings. The van der Waals surface area contributed by atoms with Gasteiger partial charge in [-0.3, -0.25) is 0 Å². The molecule has 2 N–H and O–H groups in total. The maximum atomic E-state index is 12.8. The Bertz CT molecular complexity index is 448. The fraction of sp³-hybridized carbons (Fsp3) is 0.500. The Morgan fingerprint density at radius 1 is 1.50 bits per heavy atom. The molecule has 0 saturated carbocycles. The highest BCUT2D eigenvalue weighted by Crippen LogP contribution is 2.44. The minimum absolute atomic E-state index is 0.130. The van der Waals surface area contributed by atoms with E-state index in [9.17, 15) is 18.0 Å². The third kappa shape index (κ3) is 1.48. The third-order valence-corrected chi connectivity index (χ3v) is 2.94. The number of carboxylic acid groups (broad SMARTS) is 1. The first kappa shape index (κ1) is 11.0. The largest absolute Gasteiger partial charge is 0.477 e. The van der Waals surface area contributed by atoms with Crippen LogP contribution in [-0.2, 0) is 12.6 Å². The van der Waals surface area contributed by atoms with Gasteiger partial charge in [0.05, 0.1) is 5.56 Å². The number of halogens is 3. The standard InChI is InChI=1S/C10H10F3NO2/c1-4-2-3-5-6(4)7(10(11,12)13)8(14-5)9(15)16/h4,14H,2-3H2,1H3,(H,15,16). The normalized spacial score (nSPS) is 19.9. The minimum atomic E-state index is -4.61. The molecular weight excluding hydrogens is 223 g/mol. The van der Waals surface area contributed by atoms with Gasteiger partial charge in [-0.05, 0) is 24.3 Å². The van der Waals surface area contributed by atoms with Gasteiger partial charge in [0, 0.05) is 5.69 Å². The van der Waals surface area contributed by atoms with Gasteiger partial charge in [-0.1, -0.05) is 6.92 Å². The van der Waals surface area contributed by atoms with Crippen LogP contribution in [0.4, 0.5) is 13.2 Å². The zero-order valence-electron chi connectivity index (χ0n) is 8.48. The fourth-order valence-corrected chi connectivity index (χ4v) is 2.27. The van der Waals surface area contributed by atoms with E-state index in [1.807, 2.05) is 0 Å². The summed E-state index contributed by atoms with van der Waals surface area (Å²) < 4.78 is 38.4. The number of alkyl halides is 3. The zero-order chi connectivity index (χ0) is 12.1. The maximum absolute atomic E-state index is 12.8. The summed E-state index contributed by atoms with van der Waals surface area (Å²) >= 11 is 0. The topological polar surface area (TPSA) is 53.1 Å². The lowest BCUT2D eigenvalue weighted by molar-refractivity contribution is -0.138. The average Bonchev–Trinajstić information content (AvgIpc) is 2.64. The molecule has 1 aliphatic rings. The van der Waals surface area contributed by atoms with Crippen molar-refractivity contribution >= 4 is 5.97 Å². The molecule has 0 saturated heterocycles. The Labute approximate surface area is 89.3 Å². The van der Waals surface area contributed by atoms with Gasteiger partial charge in [0.25, 0.3) is 0 Å². The van der Waals surface area contributed by atoms with Crippen LogP contribution in [0.5, 0.6) is 0 Å². The lowest BCUT2D eigenvalue weighted by atomic mass is 10.00. The van der Waals surface area contributed by atoms with Gasteiger partial charge in [0.15, 0.2) is 0 Å². The molecule has 16 heavy (non-hydrogen) atoms. The lowest BCUT2D eigenvalue weighted by Crippen LogP contribution is -2.14. The van der Waals surface area contributed by atoms with Gasteiger partial charge in [-0.25, -0.2) is 4.79 Å². The Kier molecular flexibility index (Phi) is 2.25. The van der Waals surface area contributed by atoms with Crippen LogP contribution < -0.4 is 0 Å². The van der Waals surface area contributed by atoms with Gasteiger partial charge in [-0.15, -0.1) is 0 Å². The molecule has 1 aromatic rings. The lowest BCUT2D eigenvalue weighted by Gasteiger charge is -2.11. The first-order valence-electron chi connectivity index (χ1n) is 4.87. The second-order valence-corrected chi connectivity index (χ2v) is 4.01. The van der Waals surface area contributed by atoms with Crippen molar-refractivity contribution in [2.75, 3.05) is 0 Å². The van der Waals surface area contributed by atoms with E-state index in [2.05, 4.69) is 4.98 Å². The van der Waals surface area contributed by atoms with Gasteiger partial charge in [0.2, 0.25) is 0 Å². The van der Waals surface area contributed by atoms with Crippen molar-refractivity contribution in [3.05, 3.63) is 22.5 Å². The Hall–Kier alpha value is -1.46. The van der Waals surface area contributed by atoms with E-state index in [4.69, 9.17) is 5.11 Å². The summed E-state index contributed by atoms with van der Waals surface area (Å²) in [6.45, 7) is 1.68. The van der Waals surface area contributed by atoms with Gasteiger partial charge >= 0.3 is 12.1 Å². The zero-order valence-corrected chi connectivity index (χ0v) is 8.48. The molecule has 0 amide bonds. The van der Waals surface area contributed by atoms with Crippen molar-refractivity contribution in [2.45, 2.75) is 31.9 Å². The molecule has 0 spiro atoms. The van der Waals surface area contributed by atoms with E-state index in [1.165, 1.54) is 0 Å². The molecule has 1 atom stereocenters. The number of aromatic amines is 1. The molecule has 1 heterocycles. The number of rotatable bonds is 1. The van der Waals surface area contributed by atoms with Crippen LogP contribution in [0.25, 0.3) is 0 Å². The molecule has 1 unspecified atom stereocenters. The smallest absolute Gasteiger partial charge is 0.419 e. The summed E-state index contributed by atoms with van der Waals surface area (Å²) in [5.41, 5.74) is -1.19. The molecule has 0 aliphatic heterocycles. The van der Waals surface area contributed by atoms with Crippen LogP contribution in [0.1, 0.15) is 46.6 Å². The number of carboxylic acids is 1. The van der Waals surface area contributed by atoms with E-state index < -0.39 is 23.4 Å². The first-order valence-corrected chi connectivity index (χ1v) is 4.87. The number of aromatic carboxylic acids is 1. The summed E-state index contributed by atoms with van der Waals surface area (Å²) in [5, 5.41) is 8.74. The van der Waals surface area contributed by atoms with E-state index in [0.717, 1.165) is 0 Å².